The van der Waals surface area contributed by atoms with Gasteiger partial charge in [-0.05, 0) is 30.3 Å². The maximum Gasteiger partial charge on any atom is 0.176 e. The van der Waals surface area contributed by atoms with E-state index in [1.54, 1.807) is 18.2 Å². The number of fused-ring (bicyclic) bond motifs is 1. The second kappa shape index (κ2) is 4.61. The number of anilines is 1. The van der Waals surface area contributed by atoms with E-state index in [2.05, 4.69) is 9.97 Å². The number of nitrogens with zero attached hydrogens (tertiary/aromatic N) is 1. The van der Waals surface area contributed by atoms with Crippen molar-refractivity contribution in [2.75, 3.05) is 12.8 Å². The van der Waals surface area contributed by atoms with Crippen molar-refractivity contribution in [1.29, 1.82) is 0 Å². The van der Waals surface area contributed by atoms with Crippen LogP contribution in [0.3, 0.4) is 0 Å². The molecule has 102 valence electrons. The zero-order chi connectivity index (χ0) is 14.3. The summed E-state index contributed by atoms with van der Waals surface area (Å²) < 4.78 is 5.09. The summed E-state index contributed by atoms with van der Waals surface area (Å²) in [6.07, 6.45) is 0. The van der Waals surface area contributed by atoms with Crippen LogP contribution in [0.5, 0.6) is 11.5 Å². The lowest BCUT2D eigenvalue weighted by Crippen LogP contribution is -1.87. The molecule has 5 nitrogen and oxygen atoms in total. The Balaban J connectivity index is 2.17. The van der Waals surface area contributed by atoms with Gasteiger partial charge < -0.3 is 20.6 Å². The molecular formula is C14H12ClN3O2. The Hall–Kier alpha value is -2.40. The standard InChI is InChI=1S/C14H12ClN3O2/c1-20-12-5-7(4-9(15)13(12)19)14-17-10-3-2-8(16)6-11(10)18-14/h2-6,19H,16H2,1H3,(H,17,18). The van der Waals surface area contributed by atoms with Crippen molar-refractivity contribution in [2.24, 2.45) is 0 Å². The molecule has 0 saturated carbocycles. The number of methoxy groups -OCH3 is 1. The number of ether oxygens (including phenoxy) is 1. The molecule has 0 radical (unpaired) electrons. The third kappa shape index (κ3) is 2.02. The van der Waals surface area contributed by atoms with Gasteiger partial charge in [0.2, 0.25) is 0 Å². The molecular weight excluding hydrogens is 278 g/mol. The summed E-state index contributed by atoms with van der Waals surface area (Å²) in [5, 5.41) is 9.95. The Labute approximate surface area is 120 Å². The Morgan fingerprint density at radius 2 is 2.10 bits per heavy atom. The van der Waals surface area contributed by atoms with Gasteiger partial charge in [0.25, 0.3) is 0 Å². The molecule has 0 aliphatic heterocycles. The lowest BCUT2D eigenvalue weighted by molar-refractivity contribution is 0.374. The topological polar surface area (TPSA) is 84.2 Å². The van der Waals surface area contributed by atoms with E-state index in [1.807, 2.05) is 12.1 Å². The number of phenolic OH excluding ortho intramolecular Hbond substituents is 1. The number of hydrogen-bond acceptors (Lipinski definition) is 4. The summed E-state index contributed by atoms with van der Waals surface area (Å²) in [5.74, 6) is 0.844. The second-order valence-corrected chi connectivity index (χ2v) is 4.78. The number of rotatable bonds is 2. The normalized spacial score (nSPS) is 10.9. The van der Waals surface area contributed by atoms with Crippen LogP contribution >= 0.6 is 11.6 Å². The monoisotopic (exact) mass is 289 g/mol. The Morgan fingerprint density at radius 3 is 2.85 bits per heavy atom. The average molecular weight is 290 g/mol. The molecule has 0 atom stereocenters. The van der Waals surface area contributed by atoms with Crippen molar-refractivity contribution >= 4 is 28.3 Å². The summed E-state index contributed by atoms with van der Waals surface area (Å²) in [4.78, 5) is 7.63. The van der Waals surface area contributed by atoms with Gasteiger partial charge >= 0.3 is 0 Å². The van der Waals surface area contributed by atoms with Crippen LogP contribution in [0, 0.1) is 0 Å². The molecule has 6 heteroatoms. The zero-order valence-corrected chi connectivity index (χ0v) is 11.4. The summed E-state index contributed by atoms with van der Waals surface area (Å²) in [6.45, 7) is 0. The highest BCUT2D eigenvalue weighted by molar-refractivity contribution is 6.32. The predicted molar refractivity (Wildman–Crippen MR) is 79.2 cm³/mol. The third-order valence-corrected chi connectivity index (χ3v) is 3.32. The molecule has 3 rings (SSSR count). The smallest absolute Gasteiger partial charge is 0.176 e. The fraction of sp³-hybridized carbons (Fsp3) is 0.0714. The summed E-state index contributed by atoms with van der Waals surface area (Å²) >= 11 is 5.98. The maximum absolute atomic E-state index is 9.74. The van der Waals surface area contributed by atoms with Gasteiger partial charge in [-0.3, -0.25) is 0 Å². The highest BCUT2D eigenvalue weighted by Crippen LogP contribution is 2.38. The van der Waals surface area contributed by atoms with E-state index in [4.69, 9.17) is 22.1 Å². The number of hydrogen-bond donors (Lipinski definition) is 3. The molecule has 0 unspecified atom stereocenters. The van der Waals surface area contributed by atoms with Crippen LogP contribution in [0.15, 0.2) is 30.3 Å². The van der Waals surface area contributed by atoms with Crippen molar-refractivity contribution in [3.63, 3.8) is 0 Å². The Bertz CT molecular complexity index is 798. The average Bonchev–Trinajstić information content (AvgIpc) is 2.84. The summed E-state index contributed by atoms with van der Waals surface area (Å²) in [5.41, 5.74) is 8.76. The zero-order valence-electron chi connectivity index (χ0n) is 10.6. The number of phenols is 1. The lowest BCUT2D eigenvalue weighted by Gasteiger charge is -2.07. The number of nitrogens with two attached hydrogens (primary N) is 1. The highest BCUT2D eigenvalue weighted by atomic mass is 35.5. The van der Waals surface area contributed by atoms with Crippen molar-refractivity contribution < 1.29 is 9.84 Å². The quantitative estimate of drug-likeness (QED) is 0.633. The first-order valence-electron chi connectivity index (χ1n) is 5.90. The van der Waals surface area contributed by atoms with Crippen LogP contribution in [-0.2, 0) is 0 Å². The number of nitrogens with one attached hydrogen (secondary N) is 1. The molecule has 4 N–H and O–H groups in total. The fourth-order valence-electron chi connectivity index (χ4n) is 2.03. The van der Waals surface area contributed by atoms with Crippen molar-refractivity contribution in [2.45, 2.75) is 0 Å². The SMILES string of the molecule is COc1cc(-c2nc3ccc(N)cc3[nH]2)cc(Cl)c1O. The Morgan fingerprint density at radius 1 is 1.30 bits per heavy atom. The maximum atomic E-state index is 9.74. The summed E-state index contributed by atoms with van der Waals surface area (Å²) in [7, 11) is 1.47. The van der Waals surface area contributed by atoms with Crippen LogP contribution in [0.4, 0.5) is 5.69 Å². The van der Waals surface area contributed by atoms with E-state index in [-0.39, 0.29) is 10.8 Å². The van der Waals surface area contributed by atoms with Crippen molar-refractivity contribution in [1.82, 2.24) is 9.97 Å². The number of halogens is 1. The van der Waals surface area contributed by atoms with E-state index in [9.17, 15) is 5.11 Å². The summed E-state index contributed by atoms with van der Waals surface area (Å²) in [6, 6.07) is 8.73. The van der Waals surface area contributed by atoms with E-state index < -0.39 is 0 Å². The fourth-order valence-corrected chi connectivity index (χ4v) is 2.24. The largest absolute Gasteiger partial charge is 0.503 e. The minimum Gasteiger partial charge on any atom is -0.503 e. The van der Waals surface area contributed by atoms with Crippen LogP contribution in [0.2, 0.25) is 5.02 Å². The van der Waals surface area contributed by atoms with E-state index in [0.29, 0.717) is 17.3 Å². The lowest BCUT2D eigenvalue weighted by atomic mass is 10.2. The molecule has 0 aliphatic rings. The van der Waals surface area contributed by atoms with Gasteiger partial charge in [-0.2, -0.15) is 0 Å². The minimum atomic E-state index is -0.0849. The van der Waals surface area contributed by atoms with Crippen LogP contribution < -0.4 is 10.5 Å². The number of benzene rings is 2. The predicted octanol–water partition coefficient (Wildman–Crippen LogP) is 3.18. The Kier molecular flexibility index (Phi) is 2.91. The molecule has 0 saturated heterocycles. The second-order valence-electron chi connectivity index (χ2n) is 4.37. The van der Waals surface area contributed by atoms with Gasteiger partial charge in [-0.1, -0.05) is 11.6 Å². The van der Waals surface area contributed by atoms with Gasteiger partial charge in [0.15, 0.2) is 11.5 Å². The van der Waals surface area contributed by atoms with Gasteiger partial charge in [-0.25, -0.2) is 4.98 Å². The van der Waals surface area contributed by atoms with Gasteiger partial charge in [-0.15, -0.1) is 0 Å². The van der Waals surface area contributed by atoms with Crippen LogP contribution in [0.1, 0.15) is 0 Å². The molecule has 20 heavy (non-hydrogen) atoms. The number of aromatic hydroxyl groups is 1. The van der Waals surface area contributed by atoms with Gasteiger partial charge in [0.05, 0.1) is 23.2 Å². The first-order chi connectivity index (χ1) is 9.58. The number of aromatic amines is 1. The number of aromatic nitrogens is 2. The van der Waals surface area contributed by atoms with Gasteiger partial charge in [0, 0.05) is 11.3 Å². The third-order valence-electron chi connectivity index (χ3n) is 3.03. The molecule has 3 aromatic rings. The molecule has 2 aromatic carbocycles. The first-order valence-corrected chi connectivity index (χ1v) is 6.28. The number of H-pyrrole nitrogens is 1. The van der Waals surface area contributed by atoms with Crippen LogP contribution in [-0.4, -0.2) is 22.2 Å². The molecule has 1 heterocycles. The minimum absolute atomic E-state index is 0.0849. The highest BCUT2D eigenvalue weighted by Gasteiger charge is 2.12. The van der Waals surface area contributed by atoms with Crippen molar-refractivity contribution in [3.05, 3.63) is 35.4 Å². The number of nitrogen functional groups attached to an aromatic ring is 1. The molecule has 0 amide bonds. The molecule has 1 aromatic heterocycles. The molecule has 0 aliphatic carbocycles. The van der Waals surface area contributed by atoms with Gasteiger partial charge in [0.1, 0.15) is 5.82 Å². The van der Waals surface area contributed by atoms with Crippen molar-refractivity contribution in [3.8, 4) is 22.9 Å². The number of imidazole rings is 1. The molecule has 0 bridgehead atoms. The van der Waals surface area contributed by atoms with Crippen LogP contribution in [0.25, 0.3) is 22.4 Å². The first kappa shape index (κ1) is 12.6. The molecule has 0 spiro atoms. The van der Waals surface area contributed by atoms with E-state index in [0.717, 1.165) is 16.6 Å². The van der Waals surface area contributed by atoms with E-state index >= 15 is 0 Å². The van der Waals surface area contributed by atoms with E-state index in [1.165, 1.54) is 7.11 Å². The molecule has 0 fully saturated rings.